The van der Waals surface area contributed by atoms with E-state index in [1.807, 2.05) is 0 Å². The molecule has 0 amide bonds. The number of rotatable bonds is 0. The van der Waals surface area contributed by atoms with Crippen LogP contribution in [0.4, 0.5) is 5.69 Å². The van der Waals surface area contributed by atoms with E-state index in [4.69, 9.17) is 0 Å². The highest BCUT2D eigenvalue weighted by atomic mass is 14.9. The second-order valence-corrected chi connectivity index (χ2v) is 4.31. The molecule has 1 unspecified atom stereocenters. The van der Waals surface area contributed by atoms with Crippen LogP contribution < -0.4 is 5.32 Å². The molecular weight excluding hydrogens is 158 g/mol. The fraction of sp³-hybridized carbons (Fsp3) is 0.500. The predicted molar refractivity (Wildman–Crippen MR) is 57.3 cm³/mol. The smallest absolute Gasteiger partial charge is 0.0402 e. The van der Waals surface area contributed by atoms with Crippen LogP contribution in [-0.2, 0) is 6.42 Å². The van der Waals surface area contributed by atoms with Crippen molar-refractivity contribution in [1.29, 1.82) is 0 Å². The topological polar surface area (TPSA) is 12.0 Å². The highest BCUT2D eigenvalue weighted by molar-refractivity contribution is 5.60. The molecule has 0 saturated heterocycles. The third kappa shape index (κ3) is 1.55. The zero-order chi connectivity index (χ0) is 9.42. The minimum absolute atomic E-state index is 0.772. The minimum Gasteiger partial charge on any atom is -0.384 e. The zero-order valence-electron chi connectivity index (χ0n) is 8.65. The largest absolute Gasteiger partial charge is 0.384 e. The van der Waals surface area contributed by atoms with E-state index in [2.05, 4.69) is 38.2 Å². The Hall–Kier alpha value is -0.980. The second-order valence-electron chi connectivity index (χ2n) is 4.31. The first kappa shape index (κ1) is 8.61. The van der Waals surface area contributed by atoms with E-state index >= 15 is 0 Å². The maximum atomic E-state index is 3.51. The fourth-order valence-corrected chi connectivity index (χ4v) is 2.19. The van der Waals surface area contributed by atoms with Crippen molar-refractivity contribution in [3.63, 3.8) is 0 Å². The van der Waals surface area contributed by atoms with Gasteiger partial charge in [0.15, 0.2) is 0 Å². The molecule has 13 heavy (non-hydrogen) atoms. The van der Waals surface area contributed by atoms with E-state index in [1.165, 1.54) is 28.8 Å². The Morgan fingerprint density at radius 1 is 1.31 bits per heavy atom. The molecule has 0 radical (unpaired) electrons. The van der Waals surface area contributed by atoms with Crippen LogP contribution in [0.3, 0.4) is 0 Å². The van der Waals surface area contributed by atoms with E-state index in [1.54, 1.807) is 0 Å². The first-order chi connectivity index (χ1) is 6.16. The summed E-state index contributed by atoms with van der Waals surface area (Å²) in [5.41, 5.74) is 5.65. The van der Waals surface area contributed by atoms with E-state index in [0.717, 1.165) is 12.5 Å². The van der Waals surface area contributed by atoms with Crippen molar-refractivity contribution in [2.75, 3.05) is 11.9 Å². The summed E-state index contributed by atoms with van der Waals surface area (Å²) in [5, 5.41) is 3.51. The summed E-state index contributed by atoms with van der Waals surface area (Å²) >= 11 is 0. The molecule has 1 aromatic rings. The molecule has 70 valence electrons. The number of fused-ring (bicyclic) bond motifs is 1. The van der Waals surface area contributed by atoms with Gasteiger partial charge >= 0.3 is 0 Å². The Morgan fingerprint density at radius 2 is 2.08 bits per heavy atom. The van der Waals surface area contributed by atoms with Gasteiger partial charge in [0.1, 0.15) is 0 Å². The van der Waals surface area contributed by atoms with Crippen molar-refractivity contribution in [2.24, 2.45) is 5.92 Å². The van der Waals surface area contributed by atoms with Crippen LogP contribution in [-0.4, -0.2) is 6.54 Å². The van der Waals surface area contributed by atoms with Gasteiger partial charge in [-0.15, -0.1) is 0 Å². The molecule has 0 aliphatic carbocycles. The van der Waals surface area contributed by atoms with Gasteiger partial charge in [-0.3, -0.25) is 0 Å². The van der Waals surface area contributed by atoms with Crippen LogP contribution >= 0.6 is 0 Å². The Balaban J connectivity index is 2.47. The molecule has 1 N–H and O–H groups in total. The maximum Gasteiger partial charge on any atom is 0.0402 e. The first-order valence-corrected chi connectivity index (χ1v) is 5.01. The van der Waals surface area contributed by atoms with E-state index in [-0.39, 0.29) is 0 Å². The van der Waals surface area contributed by atoms with Crippen LogP contribution in [0.25, 0.3) is 0 Å². The Kier molecular flexibility index (Phi) is 2.03. The van der Waals surface area contributed by atoms with Gasteiger partial charge < -0.3 is 5.32 Å². The number of nitrogens with one attached hydrogen (secondary N) is 1. The van der Waals surface area contributed by atoms with E-state index < -0.39 is 0 Å². The molecule has 1 atom stereocenters. The lowest BCUT2D eigenvalue weighted by atomic mass is 9.92. The quantitative estimate of drug-likeness (QED) is 0.639. The summed E-state index contributed by atoms with van der Waals surface area (Å²) in [4.78, 5) is 0. The van der Waals surface area contributed by atoms with Gasteiger partial charge in [0.05, 0.1) is 0 Å². The molecule has 1 heteroatoms. The van der Waals surface area contributed by atoms with Crippen molar-refractivity contribution >= 4 is 5.69 Å². The molecule has 0 spiro atoms. The molecule has 0 saturated carbocycles. The van der Waals surface area contributed by atoms with Gasteiger partial charge in [-0.1, -0.05) is 24.6 Å². The summed E-state index contributed by atoms with van der Waals surface area (Å²) in [6.45, 7) is 7.78. The monoisotopic (exact) mass is 175 g/mol. The third-order valence-electron chi connectivity index (χ3n) is 2.76. The van der Waals surface area contributed by atoms with Crippen molar-refractivity contribution in [1.82, 2.24) is 0 Å². The Bertz CT molecular complexity index is 328. The lowest BCUT2D eigenvalue weighted by molar-refractivity contribution is 0.594. The van der Waals surface area contributed by atoms with Gasteiger partial charge in [0.2, 0.25) is 0 Å². The predicted octanol–water partition coefficient (Wildman–Crippen LogP) is 2.91. The van der Waals surface area contributed by atoms with Gasteiger partial charge in [0, 0.05) is 12.2 Å². The molecule has 0 fully saturated rings. The summed E-state index contributed by atoms with van der Waals surface area (Å²) in [7, 11) is 0. The van der Waals surface area contributed by atoms with Crippen LogP contribution in [0, 0.1) is 19.8 Å². The minimum atomic E-state index is 0.772. The fourth-order valence-electron chi connectivity index (χ4n) is 2.19. The summed E-state index contributed by atoms with van der Waals surface area (Å²) < 4.78 is 0. The van der Waals surface area contributed by atoms with Gasteiger partial charge in [0.25, 0.3) is 0 Å². The first-order valence-electron chi connectivity index (χ1n) is 5.01. The average molecular weight is 175 g/mol. The number of hydrogen-bond donors (Lipinski definition) is 1. The van der Waals surface area contributed by atoms with Gasteiger partial charge in [-0.05, 0) is 37.3 Å². The SMILES string of the molecule is Cc1cc(C)c2c(c1)CC(C)CN2. The molecule has 1 nitrogen and oxygen atoms in total. The van der Waals surface area contributed by atoms with Crippen molar-refractivity contribution < 1.29 is 0 Å². The summed E-state index contributed by atoms with van der Waals surface area (Å²) in [5.74, 6) is 0.772. The lowest BCUT2D eigenvalue weighted by Crippen LogP contribution is -2.21. The molecule has 1 heterocycles. The molecule has 0 aromatic heterocycles. The Labute approximate surface area is 80.2 Å². The standard InChI is InChI=1S/C12H17N/c1-8-4-10(3)12-11(5-8)6-9(2)7-13-12/h4-5,9,13H,6-7H2,1-3H3. The molecule has 1 aliphatic rings. The van der Waals surface area contributed by atoms with Crippen LogP contribution in [0.5, 0.6) is 0 Å². The number of benzene rings is 1. The molecule has 2 rings (SSSR count). The van der Waals surface area contributed by atoms with Gasteiger partial charge in [-0.25, -0.2) is 0 Å². The van der Waals surface area contributed by atoms with E-state index in [9.17, 15) is 0 Å². The lowest BCUT2D eigenvalue weighted by Gasteiger charge is -2.25. The normalized spacial score (nSPS) is 20.7. The van der Waals surface area contributed by atoms with Gasteiger partial charge in [-0.2, -0.15) is 0 Å². The number of anilines is 1. The summed E-state index contributed by atoms with van der Waals surface area (Å²) in [6, 6.07) is 4.56. The maximum absolute atomic E-state index is 3.51. The molecule has 0 bridgehead atoms. The number of aryl methyl sites for hydroxylation is 2. The van der Waals surface area contributed by atoms with Crippen LogP contribution in [0.1, 0.15) is 23.6 Å². The highest BCUT2D eigenvalue weighted by Gasteiger charge is 2.15. The highest BCUT2D eigenvalue weighted by Crippen LogP contribution is 2.28. The van der Waals surface area contributed by atoms with Crippen molar-refractivity contribution in [3.05, 3.63) is 28.8 Å². The Morgan fingerprint density at radius 3 is 2.85 bits per heavy atom. The second kappa shape index (κ2) is 3.06. The number of hydrogen-bond acceptors (Lipinski definition) is 1. The van der Waals surface area contributed by atoms with Crippen molar-refractivity contribution in [3.8, 4) is 0 Å². The third-order valence-corrected chi connectivity index (χ3v) is 2.76. The van der Waals surface area contributed by atoms with E-state index in [0.29, 0.717) is 0 Å². The summed E-state index contributed by atoms with van der Waals surface area (Å²) in [6.07, 6.45) is 1.23. The molecule has 1 aromatic carbocycles. The van der Waals surface area contributed by atoms with Crippen LogP contribution in [0.2, 0.25) is 0 Å². The zero-order valence-corrected chi connectivity index (χ0v) is 8.65. The average Bonchev–Trinajstić information content (AvgIpc) is 2.02. The van der Waals surface area contributed by atoms with Crippen molar-refractivity contribution in [2.45, 2.75) is 27.2 Å². The molecule has 1 aliphatic heterocycles. The molecular formula is C12H17N. The van der Waals surface area contributed by atoms with Crippen LogP contribution in [0.15, 0.2) is 12.1 Å².